The minimum absolute atomic E-state index is 0. The average molecular weight is 537 g/mol. The summed E-state index contributed by atoms with van der Waals surface area (Å²) >= 11 is 0. The number of benzene rings is 1. The molecular formula is C23H36IN7. The van der Waals surface area contributed by atoms with Crippen molar-refractivity contribution >= 4 is 35.6 Å². The van der Waals surface area contributed by atoms with E-state index in [4.69, 9.17) is 4.99 Å². The zero-order chi connectivity index (χ0) is 20.8. The van der Waals surface area contributed by atoms with Gasteiger partial charge in [0.25, 0.3) is 0 Å². The quantitative estimate of drug-likeness (QED) is 0.343. The number of H-pyrrole nitrogens is 1. The van der Waals surface area contributed by atoms with Crippen molar-refractivity contribution in [2.24, 2.45) is 10.9 Å². The molecule has 2 saturated heterocycles. The van der Waals surface area contributed by atoms with Crippen molar-refractivity contribution in [1.82, 2.24) is 25.4 Å². The number of nitrogens with zero attached hydrogens (tertiary/aromatic N) is 5. The Balaban J connectivity index is 0.00000272. The molecule has 0 bridgehead atoms. The summed E-state index contributed by atoms with van der Waals surface area (Å²) in [5.74, 6) is 3.36. The minimum Gasteiger partial charge on any atom is -0.372 e. The molecule has 0 aliphatic carbocycles. The number of nitrogens with one attached hydrogen (secondary N) is 2. The van der Waals surface area contributed by atoms with Crippen LogP contribution >= 0.6 is 24.0 Å². The Kier molecular flexibility index (Phi) is 8.98. The van der Waals surface area contributed by atoms with Crippen molar-refractivity contribution in [3.05, 3.63) is 42.0 Å². The van der Waals surface area contributed by atoms with Crippen molar-refractivity contribution in [3.63, 3.8) is 0 Å². The summed E-state index contributed by atoms with van der Waals surface area (Å²) in [5.41, 5.74) is 2.60. The molecule has 4 rings (SSSR count). The fourth-order valence-electron chi connectivity index (χ4n) is 4.45. The molecule has 0 amide bonds. The van der Waals surface area contributed by atoms with Crippen LogP contribution in [0.15, 0.2) is 35.6 Å². The Labute approximate surface area is 203 Å². The Morgan fingerprint density at radius 3 is 2.42 bits per heavy atom. The molecule has 0 atom stereocenters. The molecule has 2 aromatic rings. The van der Waals surface area contributed by atoms with Gasteiger partial charge in [0.05, 0.1) is 6.54 Å². The van der Waals surface area contributed by atoms with Crippen LogP contribution in [0.3, 0.4) is 0 Å². The highest BCUT2D eigenvalue weighted by molar-refractivity contribution is 14.0. The van der Waals surface area contributed by atoms with E-state index in [9.17, 15) is 0 Å². The maximum Gasteiger partial charge on any atom is 0.194 e. The summed E-state index contributed by atoms with van der Waals surface area (Å²) in [5, 5.41) is 10.5. The Hall–Kier alpha value is -1.84. The van der Waals surface area contributed by atoms with Crippen LogP contribution in [0.4, 0.5) is 5.69 Å². The van der Waals surface area contributed by atoms with Crippen LogP contribution < -0.4 is 10.2 Å². The lowest BCUT2D eigenvalue weighted by molar-refractivity contribution is 0.299. The van der Waals surface area contributed by atoms with E-state index < -0.39 is 0 Å². The third kappa shape index (κ3) is 6.33. The van der Waals surface area contributed by atoms with E-state index >= 15 is 0 Å². The van der Waals surface area contributed by atoms with E-state index in [0.717, 1.165) is 50.2 Å². The third-order valence-corrected chi connectivity index (χ3v) is 6.45. The van der Waals surface area contributed by atoms with Crippen LogP contribution in [-0.2, 0) is 6.54 Å². The summed E-state index contributed by atoms with van der Waals surface area (Å²) in [6, 6.07) is 8.99. The van der Waals surface area contributed by atoms with Gasteiger partial charge < -0.3 is 15.1 Å². The molecule has 31 heavy (non-hydrogen) atoms. The van der Waals surface area contributed by atoms with Gasteiger partial charge in [-0.15, -0.1) is 24.0 Å². The number of anilines is 1. The summed E-state index contributed by atoms with van der Waals surface area (Å²) in [4.78, 5) is 14.1. The highest BCUT2D eigenvalue weighted by atomic mass is 127. The molecule has 0 radical (unpaired) electrons. The topological polar surface area (TPSA) is 72.4 Å². The van der Waals surface area contributed by atoms with Gasteiger partial charge in [-0.2, -0.15) is 5.10 Å². The molecule has 0 saturated carbocycles. The van der Waals surface area contributed by atoms with Gasteiger partial charge in [-0.3, -0.25) is 5.10 Å². The second-order valence-corrected chi connectivity index (χ2v) is 8.64. The van der Waals surface area contributed by atoms with Crippen LogP contribution in [0, 0.1) is 5.92 Å². The lowest BCUT2D eigenvalue weighted by atomic mass is 9.96. The predicted octanol–water partition coefficient (Wildman–Crippen LogP) is 4.00. The average Bonchev–Trinajstić information content (AvgIpc) is 3.33. The summed E-state index contributed by atoms with van der Waals surface area (Å²) in [7, 11) is 0. The number of hydrogen-bond acceptors (Lipinski definition) is 4. The molecule has 0 spiro atoms. The van der Waals surface area contributed by atoms with Gasteiger partial charge in [-0.05, 0) is 56.2 Å². The van der Waals surface area contributed by atoms with Crippen molar-refractivity contribution in [2.75, 3.05) is 37.6 Å². The molecule has 0 unspecified atom stereocenters. The third-order valence-electron chi connectivity index (χ3n) is 6.45. The number of aromatic amines is 1. The van der Waals surface area contributed by atoms with E-state index in [1.165, 1.54) is 37.2 Å². The largest absolute Gasteiger partial charge is 0.372 e. The fraction of sp³-hybridized carbons (Fsp3) is 0.609. The van der Waals surface area contributed by atoms with Crippen molar-refractivity contribution in [2.45, 2.75) is 52.0 Å². The normalized spacial score (nSPS) is 18.7. The first-order valence-corrected chi connectivity index (χ1v) is 11.5. The van der Waals surface area contributed by atoms with Gasteiger partial charge in [0.2, 0.25) is 0 Å². The molecule has 1 aromatic carbocycles. The van der Waals surface area contributed by atoms with Crippen LogP contribution in [0.25, 0.3) is 0 Å². The number of likely N-dealkylation sites (tertiary alicyclic amines) is 1. The van der Waals surface area contributed by atoms with E-state index in [0.29, 0.717) is 12.5 Å². The summed E-state index contributed by atoms with van der Waals surface area (Å²) in [6.07, 6.45) is 6.34. The lowest BCUT2D eigenvalue weighted by Gasteiger charge is -2.33. The lowest BCUT2D eigenvalue weighted by Crippen LogP contribution is -2.45. The number of halogens is 1. The molecule has 170 valence electrons. The standard InChI is InChI=1S/C23H35N7.HI/c1-3-24-23(30-14-10-20(11-15-30)22-26-17-27-28-22)25-16-19-4-6-21(7-5-19)29-12-8-18(2)9-13-29;/h4-7,17-18,20H,3,8-16H2,1-2H3,(H,24,25)(H,26,27,28);1H. The minimum atomic E-state index is 0. The number of aromatic nitrogens is 3. The zero-order valence-corrected chi connectivity index (χ0v) is 21.1. The van der Waals surface area contributed by atoms with Gasteiger partial charge in [0, 0.05) is 44.3 Å². The van der Waals surface area contributed by atoms with E-state index in [2.05, 4.69) is 68.4 Å². The highest BCUT2D eigenvalue weighted by Gasteiger charge is 2.24. The van der Waals surface area contributed by atoms with Crippen molar-refractivity contribution in [3.8, 4) is 0 Å². The summed E-state index contributed by atoms with van der Waals surface area (Å²) < 4.78 is 0. The molecule has 8 heteroatoms. The molecule has 7 nitrogen and oxygen atoms in total. The second-order valence-electron chi connectivity index (χ2n) is 8.64. The molecule has 2 fully saturated rings. The Morgan fingerprint density at radius 1 is 1.10 bits per heavy atom. The predicted molar refractivity (Wildman–Crippen MR) is 137 cm³/mol. The maximum atomic E-state index is 4.93. The van der Waals surface area contributed by atoms with Gasteiger partial charge in [0.1, 0.15) is 12.2 Å². The number of guanidine groups is 1. The van der Waals surface area contributed by atoms with Gasteiger partial charge in [-0.25, -0.2) is 9.98 Å². The fourth-order valence-corrected chi connectivity index (χ4v) is 4.45. The van der Waals surface area contributed by atoms with Crippen LogP contribution in [0.5, 0.6) is 0 Å². The van der Waals surface area contributed by atoms with E-state index in [1.54, 1.807) is 6.33 Å². The molecule has 3 heterocycles. The van der Waals surface area contributed by atoms with Gasteiger partial charge >= 0.3 is 0 Å². The first-order valence-electron chi connectivity index (χ1n) is 11.5. The Bertz CT molecular complexity index is 790. The molecular weight excluding hydrogens is 501 g/mol. The van der Waals surface area contributed by atoms with Crippen LogP contribution in [-0.4, -0.2) is 58.8 Å². The molecule has 2 aliphatic rings. The van der Waals surface area contributed by atoms with Gasteiger partial charge in [0.15, 0.2) is 5.96 Å². The number of hydrogen-bond donors (Lipinski definition) is 2. The number of piperidine rings is 2. The van der Waals surface area contributed by atoms with E-state index in [1.807, 2.05) is 0 Å². The monoisotopic (exact) mass is 537 g/mol. The second kappa shape index (κ2) is 11.7. The first kappa shape index (κ1) is 23.8. The highest BCUT2D eigenvalue weighted by Crippen LogP contribution is 2.25. The zero-order valence-electron chi connectivity index (χ0n) is 18.8. The number of rotatable bonds is 5. The molecule has 2 N–H and O–H groups in total. The van der Waals surface area contributed by atoms with Gasteiger partial charge in [-0.1, -0.05) is 19.1 Å². The molecule has 1 aromatic heterocycles. The van der Waals surface area contributed by atoms with Crippen LogP contribution in [0.1, 0.15) is 56.8 Å². The maximum absolute atomic E-state index is 4.93. The number of aliphatic imine (C=N–C) groups is 1. The smallest absolute Gasteiger partial charge is 0.194 e. The first-order chi connectivity index (χ1) is 14.7. The Morgan fingerprint density at radius 2 is 1.81 bits per heavy atom. The SMILES string of the molecule is CCNC(=NCc1ccc(N2CCC(C)CC2)cc1)N1CCC(c2ncn[nH]2)CC1.I. The van der Waals surface area contributed by atoms with Crippen molar-refractivity contribution in [1.29, 1.82) is 0 Å². The van der Waals surface area contributed by atoms with E-state index in [-0.39, 0.29) is 24.0 Å². The van der Waals surface area contributed by atoms with Crippen molar-refractivity contribution < 1.29 is 0 Å². The summed E-state index contributed by atoms with van der Waals surface area (Å²) in [6.45, 7) is 10.4. The molecule has 2 aliphatic heterocycles. The van der Waals surface area contributed by atoms with Crippen LogP contribution in [0.2, 0.25) is 0 Å².